The molecule has 0 aliphatic carbocycles. The minimum Gasteiger partial charge on any atom is -0.466 e. The lowest BCUT2D eigenvalue weighted by molar-refractivity contribution is -0.143. The molecule has 1 N–H and O–H groups in total. The van der Waals surface area contributed by atoms with Crippen LogP contribution in [0, 0.1) is 4.77 Å². The second kappa shape index (κ2) is 5.45. The minimum atomic E-state index is -0.329. The Hall–Kier alpha value is -1.47. The normalized spacial score (nSPS) is 10.7. The molecule has 0 atom stereocenters. The van der Waals surface area contributed by atoms with Crippen molar-refractivity contribution >= 4 is 39.7 Å². The maximum atomic E-state index is 12.1. The van der Waals surface area contributed by atoms with Crippen molar-refractivity contribution < 1.29 is 9.53 Å². The van der Waals surface area contributed by atoms with Crippen molar-refractivity contribution in [3.63, 3.8) is 0 Å². The van der Waals surface area contributed by atoms with Crippen LogP contribution in [0.25, 0.3) is 10.2 Å². The standard InChI is InChI=1S/C11H12N2O3S2/c1-2-16-8(14)3-5-13-10(15)7-4-6-18-9(7)12-11(13)17/h4,6H,2-3,5H2,1H3,(H,12,17). The van der Waals surface area contributed by atoms with Crippen LogP contribution in [0.4, 0.5) is 0 Å². The summed E-state index contributed by atoms with van der Waals surface area (Å²) in [6.07, 6.45) is 0.140. The number of hydrogen-bond acceptors (Lipinski definition) is 5. The molecule has 0 saturated heterocycles. The van der Waals surface area contributed by atoms with Gasteiger partial charge in [-0.15, -0.1) is 11.3 Å². The zero-order chi connectivity index (χ0) is 13.1. The monoisotopic (exact) mass is 284 g/mol. The Morgan fingerprint density at radius 3 is 3.11 bits per heavy atom. The van der Waals surface area contributed by atoms with Gasteiger partial charge in [-0.3, -0.25) is 14.2 Å². The molecule has 0 saturated carbocycles. The van der Waals surface area contributed by atoms with Crippen LogP contribution < -0.4 is 5.56 Å². The number of ether oxygens (including phenoxy) is 1. The smallest absolute Gasteiger partial charge is 0.307 e. The van der Waals surface area contributed by atoms with Gasteiger partial charge in [-0.1, -0.05) is 0 Å². The van der Waals surface area contributed by atoms with Gasteiger partial charge in [0.1, 0.15) is 4.83 Å². The third-order valence-corrected chi connectivity index (χ3v) is 3.60. The number of carbonyl (C=O) groups excluding carboxylic acids is 1. The van der Waals surface area contributed by atoms with Gasteiger partial charge in [0.25, 0.3) is 5.56 Å². The number of thiophene rings is 1. The molecule has 96 valence electrons. The summed E-state index contributed by atoms with van der Waals surface area (Å²) in [6.45, 7) is 2.32. The molecule has 0 spiro atoms. The van der Waals surface area contributed by atoms with E-state index in [1.165, 1.54) is 15.9 Å². The zero-order valence-corrected chi connectivity index (χ0v) is 11.4. The Kier molecular flexibility index (Phi) is 3.93. The Bertz CT molecular complexity index is 683. The molecule has 5 nitrogen and oxygen atoms in total. The van der Waals surface area contributed by atoms with Gasteiger partial charge in [-0.05, 0) is 30.6 Å². The molecule has 0 aliphatic heterocycles. The summed E-state index contributed by atoms with van der Waals surface area (Å²) in [4.78, 5) is 27.1. The molecule has 2 rings (SSSR count). The Balaban J connectivity index is 2.30. The Morgan fingerprint density at radius 1 is 1.61 bits per heavy atom. The highest BCUT2D eigenvalue weighted by Gasteiger charge is 2.08. The van der Waals surface area contributed by atoms with Crippen LogP contribution in [0.2, 0.25) is 0 Å². The van der Waals surface area contributed by atoms with Gasteiger partial charge in [0.05, 0.1) is 18.4 Å². The summed E-state index contributed by atoms with van der Waals surface area (Å²) in [7, 11) is 0. The van der Waals surface area contributed by atoms with Crippen molar-refractivity contribution in [1.29, 1.82) is 0 Å². The average Bonchev–Trinajstić information content (AvgIpc) is 2.77. The number of esters is 1. The fourth-order valence-electron chi connectivity index (χ4n) is 1.62. The maximum absolute atomic E-state index is 12.1. The molecule has 2 aromatic rings. The number of rotatable bonds is 4. The number of H-pyrrole nitrogens is 1. The predicted molar refractivity (Wildman–Crippen MR) is 72.5 cm³/mol. The van der Waals surface area contributed by atoms with Gasteiger partial charge < -0.3 is 9.72 Å². The van der Waals surface area contributed by atoms with Crippen molar-refractivity contribution in [2.45, 2.75) is 19.9 Å². The number of fused-ring (bicyclic) bond motifs is 1. The first kappa shape index (κ1) is 13.0. The van der Waals surface area contributed by atoms with Crippen molar-refractivity contribution in [3.8, 4) is 0 Å². The maximum Gasteiger partial charge on any atom is 0.307 e. The molecular formula is C11H12N2O3S2. The molecule has 0 amide bonds. The molecule has 0 fully saturated rings. The van der Waals surface area contributed by atoms with Crippen molar-refractivity contribution in [3.05, 3.63) is 26.6 Å². The van der Waals surface area contributed by atoms with Crippen molar-refractivity contribution in [2.75, 3.05) is 6.61 Å². The average molecular weight is 284 g/mol. The summed E-state index contributed by atoms with van der Waals surface area (Å²) in [5.74, 6) is -0.329. The number of aromatic amines is 1. The van der Waals surface area contributed by atoms with Gasteiger partial charge in [-0.2, -0.15) is 0 Å². The zero-order valence-electron chi connectivity index (χ0n) is 9.76. The third kappa shape index (κ3) is 2.51. The van der Waals surface area contributed by atoms with Gasteiger partial charge in [0.15, 0.2) is 4.77 Å². The van der Waals surface area contributed by atoms with E-state index in [2.05, 4.69) is 4.98 Å². The quantitative estimate of drug-likeness (QED) is 0.689. The number of nitrogens with zero attached hydrogens (tertiary/aromatic N) is 1. The second-order valence-corrected chi connectivity index (χ2v) is 4.91. The van der Waals surface area contributed by atoms with Gasteiger partial charge in [-0.25, -0.2) is 0 Å². The highest BCUT2D eigenvalue weighted by Crippen LogP contribution is 2.14. The summed E-state index contributed by atoms with van der Waals surface area (Å²) < 4.78 is 6.54. The predicted octanol–water partition coefficient (Wildman–Crippen LogP) is 2.07. The molecule has 0 unspecified atom stereocenters. The Labute approximate surface area is 112 Å². The fourth-order valence-corrected chi connectivity index (χ4v) is 2.74. The van der Waals surface area contributed by atoms with E-state index in [1.807, 2.05) is 5.38 Å². The first-order chi connectivity index (χ1) is 8.63. The van der Waals surface area contributed by atoms with E-state index < -0.39 is 0 Å². The SMILES string of the molecule is CCOC(=O)CCn1c(=S)[nH]c2sccc2c1=O. The van der Waals surface area contributed by atoms with E-state index in [0.717, 1.165) is 4.83 Å². The van der Waals surface area contributed by atoms with Crippen LogP contribution >= 0.6 is 23.6 Å². The summed E-state index contributed by atoms with van der Waals surface area (Å²) in [5, 5.41) is 2.42. The van der Waals surface area contributed by atoms with Crippen LogP contribution in [0.5, 0.6) is 0 Å². The van der Waals surface area contributed by atoms with Crippen LogP contribution in [0.15, 0.2) is 16.2 Å². The summed E-state index contributed by atoms with van der Waals surface area (Å²) in [5.41, 5.74) is -0.167. The molecule has 2 heterocycles. The highest BCUT2D eigenvalue weighted by molar-refractivity contribution is 7.71. The largest absolute Gasteiger partial charge is 0.466 e. The van der Waals surface area contributed by atoms with Crippen molar-refractivity contribution in [2.24, 2.45) is 0 Å². The molecule has 2 aromatic heterocycles. The fraction of sp³-hybridized carbons (Fsp3) is 0.364. The lowest BCUT2D eigenvalue weighted by Crippen LogP contribution is -2.23. The van der Waals surface area contributed by atoms with Gasteiger partial charge in [0, 0.05) is 6.54 Å². The summed E-state index contributed by atoms with van der Waals surface area (Å²) >= 11 is 6.54. The van der Waals surface area contributed by atoms with Crippen LogP contribution in [0.1, 0.15) is 13.3 Å². The van der Waals surface area contributed by atoms with E-state index in [-0.39, 0.29) is 24.5 Å². The summed E-state index contributed by atoms with van der Waals surface area (Å²) in [6, 6.07) is 1.74. The second-order valence-electron chi connectivity index (χ2n) is 3.61. The molecule has 0 bridgehead atoms. The molecule has 7 heteroatoms. The first-order valence-corrected chi connectivity index (χ1v) is 6.78. The van der Waals surface area contributed by atoms with Gasteiger partial charge in [0.2, 0.25) is 0 Å². The van der Waals surface area contributed by atoms with Gasteiger partial charge >= 0.3 is 5.97 Å². The van der Waals surface area contributed by atoms with E-state index in [1.54, 1.807) is 13.0 Å². The third-order valence-electron chi connectivity index (χ3n) is 2.45. The number of aromatic nitrogens is 2. The van der Waals surface area contributed by atoms with Crippen LogP contribution in [-0.2, 0) is 16.1 Å². The number of hydrogen-bond donors (Lipinski definition) is 1. The molecule has 0 aliphatic rings. The van der Waals surface area contributed by atoms with Crippen LogP contribution in [-0.4, -0.2) is 22.1 Å². The number of nitrogens with one attached hydrogen (secondary N) is 1. The molecular weight excluding hydrogens is 272 g/mol. The molecule has 0 radical (unpaired) electrons. The van der Waals surface area contributed by atoms with E-state index >= 15 is 0 Å². The minimum absolute atomic E-state index is 0.140. The Morgan fingerprint density at radius 2 is 2.39 bits per heavy atom. The lowest BCUT2D eigenvalue weighted by atomic mass is 10.4. The number of carbonyl (C=O) groups is 1. The van der Waals surface area contributed by atoms with E-state index in [4.69, 9.17) is 17.0 Å². The van der Waals surface area contributed by atoms with Crippen LogP contribution in [0.3, 0.4) is 0 Å². The van der Waals surface area contributed by atoms with Crippen molar-refractivity contribution in [1.82, 2.24) is 9.55 Å². The van der Waals surface area contributed by atoms with E-state index in [0.29, 0.717) is 16.8 Å². The van der Waals surface area contributed by atoms with E-state index in [9.17, 15) is 9.59 Å². The molecule has 0 aromatic carbocycles. The lowest BCUT2D eigenvalue weighted by Gasteiger charge is -2.06. The highest BCUT2D eigenvalue weighted by atomic mass is 32.1. The first-order valence-electron chi connectivity index (χ1n) is 5.49. The topological polar surface area (TPSA) is 64.1 Å². The molecule has 18 heavy (non-hydrogen) atoms.